The highest BCUT2D eigenvalue weighted by atomic mass is 31.2. The Morgan fingerprint density at radius 1 is 1.50 bits per heavy atom. The molecule has 0 saturated carbocycles. The zero-order valence-electron chi connectivity index (χ0n) is 4.66. The van der Waals surface area contributed by atoms with E-state index in [1.807, 2.05) is 0 Å². The molecule has 0 saturated heterocycles. The Labute approximate surface area is 48.2 Å². The number of hydrogen-bond acceptors (Lipinski definition) is 4. The van der Waals surface area contributed by atoms with Crippen LogP contribution in [0.3, 0.4) is 0 Å². The van der Waals surface area contributed by atoms with Gasteiger partial charge in [0.2, 0.25) is 0 Å². The first-order valence-corrected chi connectivity index (χ1v) is 3.41. The van der Waals surface area contributed by atoms with Crippen molar-refractivity contribution >= 4 is 7.94 Å². The molecule has 46 valence electrons. The van der Waals surface area contributed by atoms with Crippen LogP contribution in [0.2, 0.25) is 0 Å². The van der Waals surface area contributed by atoms with Gasteiger partial charge in [-0.2, -0.15) is 13.9 Å². The topological polar surface area (TPSA) is 62.5 Å². The highest BCUT2D eigenvalue weighted by Gasteiger charge is 2.38. The lowest BCUT2D eigenvalue weighted by Gasteiger charge is -1.99. The molecule has 0 bridgehead atoms. The fourth-order valence-corrected chi connectivity index (χ4v) is 0.469. The summed E-state index contributed by atoms with van der Waals surface area (Å²) in [5.41, 5.74) is 0. The number of hydrogen-bond donors (Lipinski definition) is 1. The third-order valence-corrected chi connectivity index (χ3v) is 1.86. The van der Waals surface area contributed by atoms with Crippen molar-refractivity contribution < 1.29 is 13.9 Å². The Balaban J connectivity index is 3.83. The van der Waals surface area contributed by atoms with Gasteiger partial charge in [0.25, 0.3) is 0 Å². The van der Waals surface area contributed by atoms with E-state index >= 15 is 0 Å². The summed E-state index contributed by atoms with van der Waals surface area (Å²) in [5.74, 6) is 1.50. The van der Waals surface area contributed by atoms with Gasteiger partial charge in [-0.3, -0.25) is 0 Å². The second-order valence-corrected chi connectivity index (χ2v) is 2.96. The van der Waals surface area contributed by atoms with Gasteiger partial charge in [0.15, 0.2) is 0 Å². The van der Waals surface area contributed by atoms with Crippen LogP contribution in [0.25, 0.3) is 0 Å². The van der Waals surface area contributed by atoms with Crippen LogP contribution in [-0.2, 0) is 9.05 Å². The lowest BCUT2D eigenvalue weighted by atomic mass is 11.8. The van der Waals surface area contributed by atoms with Crippen LogP contribution in [0, 0.1) is 11.1 Å². The monoisotopic (exact) mass is 136 g/mol. The van der Waals surface area contributed by atoms with Crippen LogP contribution in [0.4, 0.5) is 0 Å². The molecule has 0 radical (unpaired) electrons. The minimum Gasteiger partial charge on any atom is -0.180 e. The van der Waals surface area contributed by atoms with Crippen molar-refractivity contribution in [2.75, 3.05) is 14.2 Å². The molecule has 8 heavy (non-hydrogen) atoms. The van der Waals surface area contributed by atoms with Crippen LogP contribution in [-0.4, -0.2) is 19.1 Å². The molecule has 0 aliphatic carbocycles. The first-order chi connectivity index (χ1) is 3.68. The molecule has 0 heterocycles. The van der Waals surface area contributed by atoms with Crippen molar-refractivity contribution in [1.82, 2.24) is 0 Å². The second-order valence-electron chi connectivity index (χ2n) is 0.986. The molecule has 4 nitrogen and oxygen atoms in total. The zero-order chi connectivity index (χ0) is 6.62. The Kier molecular flexibility index (Phi) is 2.88. The van der Waals surface area contributed by atoms with Crippen molar-refractivity contribution in [3.63, 3.8) is 0 Å². The smallest absolute Gasteiger partial charge is 0.180 e. The molecular formula is C3H7NO3P+. The Hall–Kier alpha value is -0.200. The molecule has 0 fully saturated rings. The number of nitrogens with zero attached hydrogens (tertiary/aromatic N) is 1. The van der Waals surface area contributed by atoms with Gasteiger partial charge in [0.1, 0.15) is 0 Å². The van der Waals surface area contributed by atoms with Crippen molar-refractivity contribution in [2.24, 2.45) is 0 Å². The van der Waals surface area contributed by atoms with Gasteiger partial charge in [-0.15, -0.1) is 5.26 Å². The highest BCUT2D eigenvalue weighted by molar-refractivity contribution is 7.65. The molecule has 0 aromatic carbocycles. The minimum absolute atomic E-state index is 1.22. The normalized spacial score (nSPS) is 10.8. The molecule has 0 spiro atoms. The predicted molar refractivity (Wildman–Crippen MR) is 28.8 cm³/mol. The molecule has 0 aromatic heterocycles. The van der Waals surface area contributed by atoms with Crippen LogP contribution >= 0.6 is 7.94 Å². The first-order valence-electron chi connectivity index (χ1n) is 1.83. The predicted octanol–water partition coefficient (Wildman–Crippen LogP) is 0.515. The second kappa shape index (κ2) is 2.95. The summed E-state index contributed by atoms with van der Waals surface area (Å²) in [6, 6.07) is 0. The number of rotatable bonds is 2. The zero-order valence-corrected chi connectivity index (χ0v) is 5.55. The maximum Gasteiger partial charge on any atom is 0.523 e. The molecule has 0 aliphatic heterocycles. The van der Waals surface area contributed by atoms with Crippen LogP contribution in [0.15, 0.2) is 0 Å². The van der Waals surface area contributed by atoms with E-state index in [4.69, 9.17) is 10.2 Å². The average Bonchev–Trinajstić information content (AvgIpc) is 1.87. The van der Waals surface area contributed by atoms with E-state index < -0.39 is 7.94 Å². The quantitative estimate of drug-likeness (QED) is 0.562. The fraction of sp³-hybridized carbons (Fsp3) is 0.667. The van der Waals surface area contributed by atoms with E-state index in [2.05, 4.69) is 9.05 Å². The van der Waals surface area contributed by atoms with Crippen LogP contribution < -0.4 is 0 Å². The SMILES string of the molecule is CO[P+](O)(C#N)OC. The van der Waals surface area contributed by atoms with Gasteiger partial charge in [-0.25, -0.2) is 0 Å². The summed E-state index contributed by atoms with van der Waals surface area (Å²) in [5, 5.41) is 8.08. The Morgan fingerprint density at radius 3 is 1.88 bits per heavy atom. The van der Waals surface area contributed by atoms with Gasteiger partial charge in [0.05, 0.1) is 14.2 Å². The molecule has 0 rings (SSSR count). The highest BCUT2D eigenvalue weighted by Crippen LogP contribution is 2.53. The molecule has 0 atom stereocenters. The van der Waals surface area contributed by atoms with E-state index in [1.165, 1.54) is 20.0 Å². The van der Waals surface area contributed by atoms with Crippen LogP contribution in [0.1, 0.15) is 0 Å². The fourth-order valence-electron chi connectivity index (χ4n) is 0.156. The molecule has 5 heteroatoms. The Bertz CT molecular complexity index is 106. The van der Waals surface area contributed by atoms with Gasteiger partial charge in [-0.05, 0) is 0 Å². The van der Waals surface area contributed by atoms with Crippen LogP contribution in [0.5, 0.6) is 0 Å². The summed E-state index contributed by atoms with van der Waals surface area (Å²) < 4.78 is 8.64. The summed E-state index contributed by atoms with van der Waals surface area (Å²) >= 11 is 0. The standard InChI is InChI=1S/C3H7NO3P/c1-6-8(5,3-4)7-2/h5H,1-2H3/q+1. The lowest BCUT2D eigenvalue weighted by Crippen LogP contribution is -1.91. The maximum absolute atomic E-state index is 8.74. The largest absolute Gasteiger partial charge is 0.523 e. The summed E-state index contributed by atoms with van der Waals surface area (Å²) in [4.78, 5) is 8.74. The van der Waals surface area contributed by atoms with E-state index in [0.29, 0.717) is 0 Å². The minimum atomic E-state index is -3.11. The Morgan fingerprint density at radius 2 is 1.88 bits per heavy atom. The van der Waals surface area contributed by atoms with Crippen molar-refractivity contribution in [1.29, 1.82) is 5.26 Å². The third-order valence-electron chi connectivity index (χ3n) is 0.621. The number of nitriles is 1. The lowest BCUT2D eigenvalue weighted by molar-refractivity contribution is 0.254. The van der Waals surface area contributed by atoms with Gasteiger partial charge >= 0.3 is 13.8 Å². The van der Waals surface area contributed by atoms with Crippen molar-refractivity contribution in [3.05, 3.63) is 0 Å². The molecule has 1 N–H and O–H groups in total. The van der Waals surface area contributed by atoms with E-state index in [1.54, 1.807) is 0 Å². The van der Waals surface area contributed by atoms with Gasteiger partial charge in [0, 0.05) is 0 Å². The summed E-state index contributed by atoms with van der Waals surface area (Å²) in [6.07, 6.45) is 0. The molecule has 0 aliphatic rings. The molecule has 0 aromatic rings. The van der Waals surface area contributed by atoms with E-state index in [9.17, 15) is 0 Å². The van der Waals surface area contributed by atoms with Gasteiger partial charge in [-0.1, -0.05) is 0 Å². The van der Waals surface area contributed by atoms with Crippen molar-refractivity contribution in [2.45, 2.75) is 0 Å². The first kappa shape index (κ1) is 7.80. The molecule has 0 unspecified atom stereocenters. The maximum atomic E-state index is 8.74. The average molecular weight is 136 g/mol. The van der Waals surface area contributed by atoms with Crippen molar-refractivity contribution in [3.8, 4) is 5.81 Å². The third kappa shape index (κ3) is 1.73. The van der Waals surface area contributed by atoms with Gasteiger partial charge < -0.3 is 0 Å². The molecule has 0 amide bonds. The molecular weight excluding hydrogens is 129 g/mol. The summed E-state index contributed by atoms with van der Waals surface area (Å²) in [6.45, 7) is 0. The van der Waals surface area contributed by atoms with E-state index in [-0.39, 0.29) is 0 Å². The summed E-state index contributed by atoms with van der Waals surface area (Å²) in [7, 11) is -0.661. The van der Waals surface area contributed by atoms with E-state index in [0.717, 1.165) is 0 Å².